The SMILES string of the molecule is COC(=O)C(CSCc1ccccc1)NC(=O)C(c1ccccc1)N1CCC(c2ccc(NC(=O)c3ccccc3-c3ccc(C(F)(F)F)cc3)cc2)CC1. The average molecular weight is 766 g/mol. The summed E-state index contributed by atoms with van der Waals surface area (Å²) in [6, 6.07) is 37.4. The number of hydrogen-bond donors (Lipinski definition) is 2. The predicted octanol–water partition coefficient (Wildman–Crippen LogP) is 9.14. The second-order valence-electron chi connectivity index (χ2n) is 13.4. The lowest BCUT2D eigenvalue weighted by atomic mass is 9.88. The Hall–Kier alpha value is -5.39. The minimum absolute atomic E-state index is 0.234. The molecule has 2 unspecified atom stereocenters. The van der Waals surface area contributed by atoms with Crippen molar-refractivity contribution in [1.82, 2.24) is 10.2 Å². The van der Waals surface area contributed by atoms with Crippen LogP contribution >= 0.6 is 11.8 Å². The summed E-state index contributed by atoms with van der Waals surface area (Å²) in [6.07, 6.45) is -2.84. The van der Waals surface area contributed by atoms with Crippen LogP contribution in [0, 0.1) is 0 Å². The van der Waals surface area contributed by atoms with E-state index in [1.807, 2.05) is 84.9 Å². The van der Waals surface area contributed by atoms with Crippen LogP contribution in [0.1, 0.15) is 57.4 Å². The number of methoxy groups -OCH3 is 1. The van der Waals surface area contributed by atoms with Crippen molar-refractivity contribution in [2.45, 2.75) is 42.8 Å². The van der Waals surface area contributed by atoms with Crippen molar-refractivity contribution in [3.05, 3.63) is 161 Å². The van der Waals surface area contributed by atoms with Gasteiger partial charge in [-0.3, -0.25) is 14.5 Å². The first kappa shape index (κ1) is 39.3. The summed E-state index contributed by atoms with van der Waals surface area (Å²) in [5.41, 5.74) is 4.32. The molecular formula is C44H42F3N3O4S. The molecule has 0 radical (unpaired) electrons. The predicted molar refractivity (Wildman–Crippen MR) is 211 cm³/mol. The third-order valence-corrected chi connectivity index (χ3v) is 10.9. The average Bonchev–Trinajstić information content (AvgIpc) is 3.21. The Morgan fingerprint density at radius 3 is 2.05 bits per heavy atom. The molecule has 0 aliphatic carbocycles. The molecule has 2 atom stereocenters. The zero-order valence-corrected chi connectivity index (χ0v) is 31.1. The summed E-state index contributed by atoms with van der Waals surface area (Å²) in [6.45, 7) is 1.31. The number of rotatable bonds is 13. The normalized spacial score (nSPS) is 14.8. The van der Waals surface area contributed by atoms with Gasteiger partial charge in [-0.25, -0.2) is 4.79 Å². The van der Waals surface area contributed by atoms with Gasteiger partial charge in [0, 0.05) is 22.8 Å². The van der Waals surface area contributed by atoms with Crippen molar-refractivity contribution in [1.29, 1.82) is 0 Å². The molecule has 2 N–H and O–H groups in total. The molecule has 5 aromatic rings. The Morgan fingerprint density at radius 2 is 1.42 bits per heavy atom. The van der Waals surface area contributed by atoms with E-state index in [1.165, 1.54) is 19.2 Å². The van der Waals surface area contributed by atoms with Crippen LogP contribution in [-0.4, -0.2) is 54.7 Å². The van der Waals surface area contributed by atoms with Crippen LogP contribution in [-0.2, 0) is 26.3 Å². The number of carbonyl (C=O) groups excluding carboxylic acids is 3. The van der Waals surface area contributed by atoms with E-state index in [-0.39, 0.29) is 17.7 Å². The molecule has 284 valence electrons. The highest BCUT2D eigenvalue weighted by molar-refractivity contribution is 7.98. The van der Waals surface area contributed by atoms with Crippen molar-refractivity contribution >= 4 is 35.2 Å². The molecule has 0 bridgehead atoms. The van der Waals surface area contributed by atoms with E-state index >= 15 is 0 Å². The number of esters is 1. The van der Waals surface area contributed by atoms with Gasteiger partial charge in [-0.2, -0.15) is 24.9 Å². The number of carbonyl (C=O) groups is 3. The number of thioether (sulfide) groups is 1. The monoisotopic (exact) mass is 765 g/mol. The van der Waals surface area contributed by atoms with Crippen molar-refractivity contribution in [3.8, 4) is 11.1 Å². The highest BCUT2D eigenvalue weighted by Gasteiger charge is 2.34. The summed E-state index contributed by atoms with van der Waals surface area (Å²) < 4.78 is 44.4. The van der Waals surface area contributed by atoms with E-state index in [2.05, 4.69) is 15.5 Å². The third kappa shape index (κ3) is 10.2. The molecule has 1 fully saturated rings. The molecule has 7 nitrogen and oxygen atoms in total. The number of ether oxygens (including phenoxy) is 1. The fourth-order valence-corrected chi connectivity index (χ4v) is 7.89. The van der Waals surface area contributed by atoms with E-state index in [0.717, 1.165) is 41.7 Å². The number of nitrogens with zero attached hydrogens (tertiary/aromatic N) is 1. The number of likely N-dealkylation sites (tertiary alicyclic amines) is 1. The number of anilines is 1. The van der Waals surface area contributed by atoms with Crippen LogP contribution in [0.5, 0.6) is 0 Å². The zero-order chi connectivity index (χ0) is 38.8. The first-order chi connectivity index (χ1) is 26.6. The lowest BCUT2D eigenvalue weighted by Crippen LogP contribution is -2.50. The van der Waals surface area contributed by atoms with Gasteiger partial charge in [-0.15, -0.1) is 0 Å². The molecule has 1 heterocycles. The molecule has 0 aromatic heterocycles. The van der Waals surface area contributed by atoms with Gasteiger partial charge in [0.25, 0.3) is 5.91 Å². The van der Waals surface area contributed by atoms with E-state index in [4.69, 9.17) is 4.74 Å². The summed E-state index contributed by atoms with van der Waals surface area (Å²) in [5, 5.41) is 5.92. The zero-order valence-electron chi connectivity index (χ0n) is 30.3. The van der Waals surface area contributed by atoms with Crippen molar-refractivity contribution in [3.63, 3.8) is 0 Å². The minimum atomic E-state index is -4.45. The summed E-state index contributed by atoms with van der Waals surface area (Å²) in [7, 11) is 1.33. The van der Waals surface area contributed by atoms with Crippen LogP contribution < -0.4 is 10.6 Å². The van der Waals surface area contributed by atoms with Crippen molar-refractivity contribution in [2.75, 3.05) is 31.3 Å². The van der Waals surface area contributed by atoms with Crippen LogP contribution in [0.3, 0.4) is 0 Å². The summed E-state index contributed by atoms with van der Waals surface area (Å²) in [4.78, 5) is 42.3. The molecule has 1 aliphatic rings. The van der Waals surface area contributed by atoms with Gasteiger partial charge in [0.2, 0.25) is 5.91 Å². The highest BCUT2D eigenvalue weighted by Crippen LogP contribution is 2.35. The van der Waals surface area contributed by atoms with Crippen molar-refractivity contribution in [2.24, 2.45) is 0 Å². The number of piperidine rings is 1. The number of amides is 2. The number of nitrogens with one attached hydrogen (secondary N) is 2. The van der Waals surface area contributed by atoms with E-state index < -0.39 is 29.8 Å². The number of halogens is 3. The largest absolute Gasteiger partial charge is 0.467 e. The van der Waals surface area contributed by atoms with E-state index in [0.29, 0.717) is 47.0 Å². The van der Waals surface area contributed by atoms with Gasteiger partial charge >= 0.3 is 12.1 Å². The molecule has 6 rings (SSSR count). The van der Waals surface area contributed by atoms with E-state index in [9.17, 15) is 27.6 Å². The number of hydrogen-bond acceptors (Lipinski definition) is 6. The second-order valence-corrected chi connectivity index (χ2v) is 14.4. The van der Waals surface area contributed by atoms with Crippen LogP contribution in [0.25, 0.3) is 11.1 Å². The first-order valence-corrected chi connectivity index (χ1v) is 19.2. The van der Waals surface area contributed by atoms with Gasteiger partial charge in [0.1, 0.15) is 12.1 Å². The molecule has 11 heteroatoms. The lowest BCUT2D eigenvalue weighted by molar-refractivity contribution is -0.145. The number of benzene rings is 5. The third-order valence-electron chi connectivity index (χ3n) is 9.79. The maximum atomic E-state index is 14.0. The summed E-state index contributed by atoms with van der Waals surface area (Å²) >= 11 is 1.56. The highest BCUT2D eigenvalue weighted by atomic mass is 32.2. The fourth-order valence-electron chi connectivity index (χ4n) is 6.89. The minimum Gasteiger partial charge on any atom is -0.467 e. The van der Waals surface area contributed by atoms with Crippen LogP contribution in [0.15, 0.2) is 133 Å². The first-order valence-electron chi connectivity index (χ1n) is 18.1. The maximum Gasteiger partial charge on any atom is 0.416 e. The van der Waals surface area contributed by atoms with Gasteiger partial charge in [-0.05, 0) is 90.0 Å². The molecule has 55 heavy (non-hydrogen) atoms. The molecular weight excluding hydrogens is 724 g/mol. The Balaban J connectivity index is 1.08. The Morgan fingerprint density at radius 1 is 0.800 bits per heavy atom. The molecule has 1 saturated heterocycles. The smallest absolute Gasteiger partial charge is 0.416 e. The standard InChI is InChI=1S/C44H42F3N3O4S/c1-54-43(53)39(29-55-28-30-10-4-2-5-11-30)49-42(52)40(34-12-6-3-7-13-34)50-26-24-32(25-27-50)31-18-22-36(23-19-31)48-41(51)38-15-9-8-14-37(38)33-16-20-35(21-17-33)44(45,46)47/h2-23,32,39-40H,24-29H2,1H3,(H,48,51)(H,49,52). The topological polar surface area (TPSA) is 87.7 Å². The summed E-state index contributed by atoms with van der Waals surface area (Å²) in [5.74, 6) is 0.207. The van der Waals surface area contributed by atoms with Gasteiger partial charge < -0.3 is 15.4 Å². The molecule has 2 amide bonds. The van der Waals surface area contributed by atoms with Crippen LogP contribution in [0.2, 0.25) is 0 Å². The van der Waals surface area contributed by atoms with Crippen molar-refractivity contribution < 1.29 is 32.3 Å². The maximum absolute atomic E-state index is 14.0. The fraction of sp³-hybridized carbons (Fsp3) is 0.250. The Kier molecular flexibility index (Phi) is 13.1. The van der Waals surface area contributed by atoms with Gasteiger partial charge in [0.15, 0.2) is 0 Å². The van der Waals surface area contributed by atoms with Gasteiger partial charge in [-0.1, -0.05) is 103 Å². The van der Waals surface area contributed by atoms with E-state index in [1.54, 1.807) is 36.0 Å². The quantitative estimate of drug-likeness (QED) is 0.116. The Labute approximate surface area is 323 Å². The van der Waals surface area contributed by atoms with Crippen LogP contribution in [0.4, 0.5) is 18.9 Å². The molecule has 0 spiro atoms. The lowest BCUT2D eigenvalue weighted by Gasteiger charge is -2.37. The molecule has 0 saturated carbocycles. The number of alkyl halides is 3. The Bertz CT molecular complexity index is 2040. The molecule has 5 aromatic carbocycles. The molecule has 1 aliphatic heterocycles. The van der Waals surface area contributed by atoms with Gasteiger partial charge in [0.05, 0.1) is 12.7 Å². The second kappa shape index (κ2) is 18.3.